The van der Waals surface area contributed by atoms with Crippen molar-refractivity contribution in [2.24, 2.45) is 0 Å². The fourth-order valence-corrected chi connectivity index (χ4v) is 5.40. The maximum Gasteiger partial charge on any atom is 0.411 e. The molecule has 184 valence electrons. The lowest BCUT2D eigenvalue weighted by molar-refractivity contribution is 0.0214. The molecule has 1 amide bonds. The topological polar surface area (TPSA) is 73.1 Å². The fourth-order valence-electron chi connectivity index (χ4n) is 5.04. The third kappa shape index (κ3) is 5.16. The van der Waals surface area contributed by atoms with Crippen LogP contribution in [0.2, 0.25) is 10.0 Å². The molecule has 5 rings (SSSR count). The first-order valence-corrected chi connectivity index (χ1v) is 12.8. The van der Waals surface area contributed by atoms with Crippen molar-refractivity contribution in [1.82, 2.24) is 24.6 Å². The number of amides is 1. The molecule has 7 nitrogen and oxygen atoms in total. The molecule has 3 heterocycles. The van der Waals surface area contributed by atoms with Crippen molar-refractivity contribution in [3.63, 3.8) is 0 Å². The first-order valence-electron chi connectivity index (χ1n) is 12.0. The van der Waals surface area contributed by atoms with Crippen molar-refractivity contribution in [3.8, 4) is 5.69 Å². The number of carbonyl (C=O) groups excluding carboxylic acids is 1. The lowest BCUT2D eigenvalue weighted by Gasteiger charge is -2.28. The minimum Gasteiger partial charge on any atom is -0.444 e. The Kier molecular flexibility index (Phi) is 6.49. The van der Waals surface area contributed by atoms with Gasteiger partial charge >= 0.3 is 6.09 Å². The minimum absolute atomic E-state index is 0.267. The maximum absolute atomic E-state index is 13.0. The highest BCUT2D eigenvalue weighted by Crippen LogP contribution is 2.41. The Morgan fingerprint density at radius 1 is 0.971 bits per heavy atom. The molecule has 0 bridgehead atoms. The van der Waals surface area contributed by atoms with Crippen LogP contribution in [0.5, 0.6) is 0 Å². The Morgan fingerprint density at radius 3 is 2.40 bits per heavy atom. The van der Waals surface area contributed by atoms with Crippen molar-refractivity contribution in [3.05, 3.63) is 69.5 Å². The quantitative estimate of drug-likeness (QED) is 0.382. The summed E-state index contributed by atoms with van der Waals surface area (Å²) in [5.74, 6) is 2.33. The fraction of sp³-hybridized carbons (Fsp3) is 0.462. The van der Waals surface area contributed by atoms with E-state index < -0.39 is 5.60 Å². The molecule has 0 N–H and O–H groups in total. The van der Waals surface area contributed by atoms with Gasteiger partial charge in [-0.05, 0) is 82.3 Å². The third-order valence-corrected chi connectivity index (χ3v) is 7.11. The van der Waals surface area contributed by atoms with Gasteiger partial charge in [0.1, 0.15) is 11.4 Å². The van der Waals surface area contributed by atoms with Gasteiger partial charge in [-0.25, -0.2) is 4.79 Å². The molecule has 35 heavy (non-hydrogen) atoms. The zero-order valence-corrected chi connectivity index (χ0v) is 21.7. The molecule has 9 heteroatoms. The van der Waals surface area contributed by atoms with E-state index in [1.165, 1.54) is 0 Å². The Balaban J connectivity index is 1.44. The average Bonchev–Trinajstić information content (AvgIpc) is 3.13. The summed E-state index contributed by atoms with van der Waals surface area (Å²) in [6.07, 6.45) is 5.39. The average molecular weight is 514 g/mol. The van der Waals surface area contributed by atoms with Gasteiger partial charge in [-0.1, -0.05) is 23.2 Å². The second-order valence-electron chi connectivity index (χ2n) is 10.4. The molecule has 2 aliphatic rings. The Morgan fingerprint density at radius 2 is 1.69 bits per heavy atom. The van der Waals surface area contributed by atoms with E-state index in [0.717, 1.165) is 59.3 Å². The number of rotatable bonds is 2. The summed E-state index contributed by atoms with van der Waals surface area (Å²) in [5, 5.41) is 10.5. The Bertz CT molecular complexity index is 1240. The number of carbonyl (C=O) groups is 1. The molecule has 0 atom stereocenters. The summed E-state index contributed by atoms with van der Waals surface area (Å²) in [7, 11) is 0. The first-order chi connectivity index (χ1) is 16.7. The molecule has 1 aliphatic carbocycles. The molecule has 0 spiro atoms. The standard InChI is InChI=1S/C26H29Cl2N5O2/c1-26(2,3)35-25(34)32-14-18-12-19(27)8-9-22(18)33-23(15-32)30-31-24(33)17-6-4-16(5-7-17)21-13-20(28)10-11-29-21/h8-13,16-17H,4-7,14-15H2,1-3H3/t16-,17-. The minimum atomic E-state index is -0.587. The van der Waals surface area contributed by atoms with Gasteiger partial charge in [0.2, 0.25) is 0 Å². The van der Waals surface area contributed by atoms with Gasteiger partial charge in [0.15, 0.2) is 5.82 Å². The largest absolute Gasteiger partial charge is 0.444 e. The zero-order chi connectivity index (χ0) is 24.7. The summed E-state index contributed by atoms with van der Waals surface area (Å²) in [6.45, 7) is 6.30. The van der Waals surface area contributed by atoms with E-state index in [9.17, 15) is 4.79 Å². The van der Waals surface area contributed by atoms with Gasteiger partial charge < -0.3 is 4.74 Å². The number of aromatic nitrogens is 4. The maximum atomic E-state index is 13.0. The second-order valence-corrected chi connectivity index (χ2v) is 11.2. The monoisotopic (exact) mass is 513 g/mol. The molecule has 1 aromatic carbocycles. The number of hydrogen-bond donors (Lipinski definition) is 0. The van der Waals surface area contributed by atoms with Crippen LogP contribution in [-0.2, 0) is 17.8 Å². The molecule has 2 aromatic heterocycles. The number of pyridine rings is 1. The van der Waals surface area contributed by atoms with Crippen LogP contribution in [0.3, 0.4) is 0 Å². The van der Waals surface area contributed by atoms with Crippen LogP contribution >= 0.6 is 23.2 Å². The Hall–Kier alpha value is -2.64. The van der Waals surface area contributed by atoms with E-state index in [2.05, 4.69) is 19.7 Å². The number of hydrogen-bond acceptors (Lipinski definition) is 5. The highest BCUT2D eigenvalue weighted by molar-refractivity contribution is 6.30. The van der Waals surface area contributed by atoms with Crippen LogP contribution in [0.1, 0.15) is 81.2 Å². The van der Waals surface area contributed by atoms with Crippen LogP contribution in [0, 0.1) is 0 Å². The number of fused-ring (bicyclic) bond motifs is 3. The van der Waals surface area contributed by atoms with Crippen molar-refractivity contribution in [2.45, 2.75) is 77.0 Å². The second kappa shape index (κ2) is 9.43. The SMILES string of the molecule is CC(C)(C)OC(=O)N1Cc2cc(Cl)ccc2-n2c(nnc2[C@H]2CC[C@H](c3cc(Cl)ccn3)CC2)C1. The van der Waals surface area contributed by atoms with Crippen LogP contribution in [0.15, 0.2) is 36.5 Å². The van der Waals surface area contributed by atoms with Crippen LogP contribution < -0.4 is 0 Å². The number of benzene rings is 1. The molecule has 0 saturated heterocycles. The van der Waals surface area contributed by atoms with Crippen molar-refractivity contribution in [2.75, 3.05) is 0 Å². The van der Waals surface area contributed by atoms with Crippen molar-refractivity contribution >= 4 is 29.3 Å². The lowest BCUT2D eigenvalue weighted by atomic mass is 9.80. The molecule has 1 fully saturated rings. The third-order valence-electron chi connectivity index (χ3n) is 6.64. The molecule has 1 aliphatic heterocycles. The lowest BCUT2D eigenvalue weighted by Crippen LogP contribution is -2.35. The molecule has 0 unspecified atom stereocenters. The van der Waals surface area contributed by atoms with E-state index in [1.807, 2.05) is 51.1 Å². The number of halogens is 2. The van der Waals surface area contributed by atoms with Crippen molar-refractivity contribution < 1.29 is 9.53 Å². The number of ether oxygens (including phenoxy) is 1. The van der Waals surface area contributed by atoms with Crippen molar-refractivity contribution in [1.29, 1.82) is 0 Å². The highest BCUT2D eigenvalue weighted by Gasteiger charge is 2.33. The van der Waals surface area contributed by atoms with Gasteiger partial charge in [0.05, 0.1) is 18.8 Å². The first kappa shape index (κ1) is 24.1. The van der Waals surface area contributed by atoms with E-state index in [-0.39, 0.29) is 12.0 Å². The summed E-state index contributed by atoms with van der Waals surface area (Å²) in [6, 6.07) is 9.56. The summed E-state index contributed by atoms with van der Waals surface area (Å²) >= 11 is 12.5. The van der Waals surface area contributed by atoms with E-state index in [4.69, 9.17) is 27.9 Å². The summed E-state index contributed by atoms with van der Waals surface area (Å²) in [4.78, 5) is 19.2. The summed E-state index contributed by atoms with van der Waals surface area (Å²) < 4.78 is 7.78. The van der Waals surface area contributed by atoms with E-state index >= 15 is 0 Å². The van der Waals surface area contributed by atoms with Gasteiger partial charge in [0.25, 0.3) is 0 Å². The molecular weight excluding hydrogens is 485 g/mol. The molecule has 3 aromatic rings. The van der Waals surface area contributed by atoms with E-state index in [1.54, 1.807) is 11.1 Å². The number of nitrogens with zero attached hydrogens (tertiary/aromatic N) is 5. The summed E-state index contributed by atoms with van der Waals surface area (Å²) in [5.41, 5.74) is 2.38. The predicted octanol–water partition coefficient (Wildman–Crippen LogP) is 6.66. The van der Waals surface area contributed by atoms with Gasteiger partial charge in [-0.15, -0.1) is 10.2 Å². The van der Waals surface area contributed by atoms with Crippen LogP contribution in [0.4, 0.5) is 4.79 Å². The highest BCUT2D eigenvalue weighted by atomic mass is 35.5. The smallest absolute Gasteiger partial charge is 0.411 e. The van der Waals surface area contributed by atoms with Gasteiger partial charge in [-0.2, -0.15) is 0 Å². The molecule has 1 saturated carbocycles. The van der Waals surface area contributed by atoms with E-state index in [0.29, 0.717) is 24.0 Å². The Labute approximate surface area is 215 Å². The van der Waals surface area contributed by atoms with Gasteiger partial charge in [0, 0.05) is 33.8 Å². The zero-order valence-electron chi connectivity index (χ0n) is 20.2. The molecule has 0 radical (unpaired) electrons. The van der Waals surface area contributed by atoms with Crippen LogP contribution in [0.25, 0.3) is 5.69 Å². The predicted molar refractivity (Wildman–Crippen MR) is 135 cm³/mol. The van der Waals surface area contributed by atoms with Gasteiger partial charge in [-0.3, -0.25) is 14.5 Å². The normalized spacial score (nSPS) is 20.1. The molecular formula is C26H29Cl2N5O2. The van der Waals surface area contributed by atoms with Crippen LogP contribution in [-0.4, -0.2) is 36.3 Å².